The van der Waals surface area contributed by atoms with E-state index in [9.17, 15) is 14.7 Å². The number of carbonyl (C=O) groups excluding carboxylic acids is 1. The second kappa shape index (κ2) is 6.86. The monoisotopic (exact) mass is 342 g/mol. The van der Waals surface area contributed by atoms with Crippen molar-refractivity contribution in [1.29, 1.82) is 0 Å². The first-order valence-corrected chi connectivity index (χ1v) is 7.76. The number of hydrogen-bond acceptors (Lipinski definition) is 3. The molecular weight excluding hydrogens is 328 g/mol. The topological polar surface area (TPSA) is 82.2 Å². The lowest BCUT2D eigenvalue weighted by Gasteiger charge is -2.13. The Morgan fingerprint density at radius 2 is 1.96 bits per heavy atom. The van der Waals surface area contributed by atoms with E-state index in [2.05, 4.69) is 10.3 Å². The van der Waals surface area contributed by atoms with Crippen molar-refractivity contribution < 1.29 is 9.90 Å². The van der Waals surface area contributed by atoms with Crippen LogP contribution in [0.3, 0.4) is 0 Å². The van der Waals surface area contributed by atoms with Crippen LogP contribution in [0.15, 0.2) is 59.4 Å². The number of pyridine rings is 1. The van der Waals surface area contributed by atoms with Gasteiger partial charge in [-0.3, -0.25) is 9.59 Å². The maximum absolute atomic E-state index is 12.4. The van der Waals surface area contributed by atoms with Crippen LogP contribution in [0, 0.1) is 0 Å². The molecule has 0 saturated carbocycles. The van der Waals surface area contributed by atoms with Crippen LogP contribution < -0.4 is 10.9 Å². The summed E-state index contributed by atoms with van der Waals surface area (Å²) >= 11 is 5.89. The maximum Gasteiger partial charge on any atom is 0.252 e. The number of aliphatic hydroxyl groups is 1. The molecular formula is C18H15ClN2O3. The third-order valence-corrected chi connectivity index (χ3v) is 3.92. The van der Waals surface area contributed by atoms with E-state index in [1.807, 2.05) is 0 Å². The Morgan fingerprint density at radius 3 is 2.75 bits per heavy atom. The highest BCUT2D eigenvalue weighted by Crippen LogP contribution is 2.18. The molecule has 0 aliphatic rings. The Kier molecular flexibility index (Phi) is 4.64. The quantitative estimate of drug-likeness (QED) is 0.681. The van der Waals surface area contributed by atoms with Crippen molar-refractivity contribution in [3.05, 3.63) is 81.1 Å². The molecule has 1 amide bonds. The Bertz CT molecular complexity index is 952. The van der Waals surface area contributed by atoms with Gasteiger partial charge in [-0.25, -0.2) is 0 Å². The molecule has 0 bridgehead atoms. The highest BCUT2D eigenvalue weighted by atomic mass is 35.5. The van der Waals surface area contributed by atoms with Gasteiger partial charge in [0.2, 0.25) is 5.56 Å². The number of benzene rings is 2. The number of H-pyrrole nitrogens is 1. The summed E-state index contributed by atoms with van der Waals surface area (Å²) in [7, 11) is 0. The van der Waals surface area contributed by atoms with Crippen molar-refractivity contribution in [1.82, 2.24) is 10.3 Å². The third-order valence-electron chi connectivity index (χ3n) is 3.68. The molecule has 5 nitrogen and oxygen atoms in total. The predicted octanol–water partition coefficient (Wildman–Crippen LogP) is 2.64. The number of aliphatic hydroxyl groups excluding tert-OH is 1. The van der Waals surface area contributed by atoms with E-state index in [4.69, 9.17) is 11.6 Å². The van der Waals surface area contributed by atoms with Crippen molar-refractivity contribution >= 4 is 28.4 Å². The van der Waals surface area contributed by atoms with Crippen LogP contribution in [0.4, 0.5) is 0 Å². The summed E-state index contributed by atoms with van der Waals surface area (Å²) in [6.07, 6.45) is -0.888. The van der Waals surface area contributed by atoms with Crippen LogP contribution in [0.2, 0.25) is 5.02 Å². The van der Waals surface area contributed by atoms with Gasteiger partial charge in [0.05, 0.1) is 11.7 Å². The van der Waals surface area contributed by atoms with Gasteiger partial charge in [0.15, 0.2) is 0 Å². The lowest BCUT2D eigenvalue weighted by atomic mass is 10.1. The van der Waals surface area contributed by atoms with E-state index in [0.717, 1.165) is 0 Å². The predicted molar refractivity (Wildman–Crippen MR) is 93.3 cm³/mol. The van der Waals surface area contributed by atoms with Gasteiger partial charge in [-0.15, -0.1) is 0 Å². The van der Waals surface area contributed by atoms with Crippen molar-refractivity contribution in [3.8, 4) is 0 Å². The van der Waals surface area contributed by atoms with E-state index in [-0.39, 0.29) is 17.7 Å². The number of halogens is 1. The number of aromatic amines is 1. The summed E-state index contributed by atoms with van der Waals surface area (Å²) in [5.74, 6) is -0.418. The third kappa shape index (κ3) is 3.48. The van der Waals surface area contributed by atoms with Crippen LogP contribution in [0.1, 0.15) is 22.0 Å². The molecule has 3 N–H and O–H groups in total. The molecule has 1 aromatic heterocycles. The molecule has 1 atom stereocenters. The SMILES string of the molecule is O=C(NC[C@@H](O)c1cccc(Cl)c1)c1cc(=O)[nH]c2ccccc12. The zero-order valence-corrected chi connectivity index (χ0v) is 13.4. The summed E-state index contributed by atoms with van der Waals surface area (Å²) in [5, 5.41) is 14.0. The van der Waals surface area contributed by atoms with Gasteiger partial charge in [-0.1, -0.05) is 41.9 Å². The molecule has 0 radical (unpaired) electrons. The first-order chi connectivity index (χ1) is 11.5. The van der Waals surface area contributed by atoms with Gasteiger partial charge in [0.1, 0.15) is 0 Å². The Morgan fingerprint density at radius 1 is 1.17 bits per heavy atom. The number of aromatic nitrogens is 1. The standard InChI is InChI=1S/C18H15ClN2O3/c19-12-5-3-4-11(8-12)16(22)10-20-18(24)14-9-17(23)21-15-7-2-1-6-13(14)15/h1-9,16,22H,10H2,(H,20,24)(H,21,23)/t16-/m1/s1. The summed E-state index contributed by atoms with van der Waals surface area (Å²) in [6.45, 7) is 0.0142. The zero-order chi connectivity index (χ0) is 17.1. The van der Waals surface area contributed by atoms with Gasteiger partial charge in [-0.2, -0.15) is 0 Å². The molecule has 3 aromatic rings. The Labute approximate surface area is 142 Å². The fraction of sp³-hybridized carbons (Fsp3) is 0.111. The minimum atomic E-state index is -0.888. The minimum Gasteiger partial charge on any atom is -0.387 e. The fourth-order valence-electron chi connectivity index (χ4n) is 2.51. The van der Waals surface area contributed by atoms with Crippen LogP contribution in [0.5, 0.6) is 0 Å². The number of nitrogens with one attached hydrogen (secondary N) is 2. The highest BCUT2D eigenvalue weighted by Gasteiger charge is 2.14. The molecule has 1 heterocycles. The molecule has 0 fully saturated rings. The number of rotatable bonds is 4. The fourth-order valence-corrected chi connectivity index (χ4v) is 2.71. The minimum absolute atomic E-state index is 0.0142. The average molecular weight is 343 g/mol. The van der Waals surface area contributed by atoms with Crippen LogP contribution in [-0.4, -0.2) is 22.5 Å². The molecule has 0 saturated heterocycles. The molecule has 122 valence electrons. The molecule has 0 aliphatic heterocycles. The molecule has 0 unspecified atom stereocenters. The number of fused-ring (bicyclic) bond motifs is 1. The van der Waals surface area contributed by atoms with Crippen molar-refractivity contribution in [2.75, 3.05) is 6.54 Å². The normalized spacial score (nSPS) is 12.1. The number of hydrogen-bond donors (Lipinski definition) is 3. The van der Waals surface area contributed by atoms with Crippen molar-refractivity contribution in [3.63, 3.8) is 0 Å². The van der Waals surface area contributed by atoms with Gasteiger partial charge < -0.3 is 15.4 Å². The largest absolute Gasteiger partial charge is 0.387 e. The van der Waals surface area contributed by atoms with Crippen molar-refractivity contribution in [2.45, 2.75) is 6.10 Å². The molecule has 6 heteroatoms. The molecule has 3 rings (SSSR count). The number of amides is 1. The highest BCUT2D eigenvalue weighted by molar-refractivity contribution is 6.30. The smallest absolute Gasteiger partial charge is 0.252 e. The van der Waals surface area contributed by atoms with Crippen LogP contribution >= 0.6 is 11.6 Å². The summed E-state index contributed by atoms with van der Waals surface area (Å²) < 4.78 is 0. The summed E-state index contributed by atoms with van der Waals surface area (Å²) in [6, 6.07) is 15.1. The Hall–Kier alpha value is -2.63. The summed E-state index contributed by atoms with van der Waals surface area (Å²) in [5.41, 5.74) is 1.12. The van der Waals surface area contributed by atoms with E-state index in [1.165, 1.54) is 6.07 Å². The van der Waals surface area contributed by atoms with E-state index < -0.39 is 12.0 Å². The van der Waals surface area contributed by atoms with Gasteiger partial charge in [0, 0.05) is 28.5 Å². The molecule has 24 heavy (non-hydrogen) atoms. The average Bonchev–Trinajstić information content (AvgIpc) is 2.58. The summed E-state index contributed by atoms with van der Waals surface area (Å²) in [4.78, 5) is 26.8. The first-order valence-electron chi connectivity index (χ1n) is 7.38. The van der Waals surface area contributed by atoms with Gasteiger partial charge in [-0.05, 0) is 23.8 Å². The number of para-hydroxylation sites is 1. The van der Waals surface area contributed by atoms with E-state index in [1.54, 1.807) is 48.5 Å². The first kappa shape index (κ1) is 16.2. The molecule has 2 aromatic carbocycles. The lowest BCUT2D eigenvalue weighted by Crippen LogP contribution is -2.29. The van der Waals surface area contributed by atoms with Gasteiger partial charge in [0.25, 0.3) is 5.91 Å². The Balaban J connectivity index is 1.79. The van der Waals surface area contributed by atoms with E-state index in [0.29, 0.717) is 21.5 Å². The number of carbonyl (C=O) groups is 1. The van der Waals surface area contributed by atoms with Gasteiger partial charge >= 0.3 is 0 Å². The molecule has 0 spiro atoms. The second-order valence-electron chi connectivity index (χ2n) is 5.37. The zero-order valence-electron chi connectivity index (χ0n) is 12.6. The second-order valence-corrected chi connectivity index (χ2v) is 5.81. The maximum atomic E-state index is 12.4. The molecule has 0 aliphatic carbocycles. The van der Waals surface area contributed by atoms with Crippen LogP contribution in [-0.2, 0) is 0 Å². The van der Waals surface area contributed by atoms with E-state index >= 15 is 0 Å². The lowest BCUT2D eigenvalue weighted by molar-refractivity contribution is 0.0918. The van der Waals surface area contributed by atoms with Crippen molar-refractivity contribution in [2.24, 2.45) is 0 Å². The van der Waals surface area contributed by atoms with Crippen LogP contribution in [0.25, 0.3) is 10.9 Å².